The highest BCUT2D eigenvalue weighted by molar-refractivity contribution is 7.90. The lowest BCUT2D eigenvalue weighted by atomic mass is 9.73. The van der Waals surface area contributed by atoms with Gasteiger partial charge in [-0.15, -0.1) is 0 Å². The third-order valence-corrected chi connectivity index (χ3v) is 7.56. The van der Waals surface area contributed by atoms with Crippen LogP contribution in [0, 0.1) is 0 Å². The van der Waals surface area contributed by atoms with Crippen LogP contribution < -0.4 is 10.1 Å². The normalized spacial score (nSPS) is 19.4. The predicted octanol–water partition coefficient (Wildman–Crippen LogP) is 3.50. The van der Waals surface area contributed by atoms with Crippen LogP contribution in [0.1, 0.15) is 25.3 Å². The highest BCUT2D eigenvalue weighted by Gasteiger charge is 2.48. The largest absolute Gasteiger partial charge is 0.492 e. The first-order valence-corrected chi connectivity index (χ1v) is 12.2. The number of sulfone groups is 1. The standard InChI is InChI=1S/C22H25ClN2O4S/c1-15(14-29-17-4-6-18(7-5-17)30(2,27)28)25-11-9-22(10-12-25)19-13-16(23)3-8-20(19)24-21(22)26/h3-8,13,15H,9-12,14H2,1-2H3,(H,24,26)/t15-/m0/s1. The highest BCUT2D eigenvalue weighted by Crippen LogP contribution is 2.46. The number of benzene rings is 2. The number of ether oxygens (including phenoxy) is 1. The smallest absolute Gasteiger partial charge is 0.235 e. The van der Waals surface area contributed by atoms with E-state index in [9.17, 15) is 13.2 Å². The van der Waals surface area contributed by atoms with Gasteiger partial charge in [0.2, 0.25) is 5.91 Å². The van der Waals surface area contributed by atoms with Crippen molar-refractivity contribution in [3.05, 3.63) is 53.1 Å². The lowest BCUT2D eigenvalue weighted by Gasteiger charge is -2.40. The summed E-state index contributed by atoms with van der Waals surface area (Å²) >= 11 is 6.19. The molecule has 30 heavy (non-hydrogen) atoms. The molecule has 0 saturated carbocycles. The van der Waals surface area contributed by atoms with E-state index in [1.54, 1.807) is 30.3 Å². The molecular formula is C22H25ClN2O4S. The summed E-state index contributed by atoms with van der Waals surface area (Å²) < 4.78 is 29.0. The maximum atomic E-state index is 12.8. The number of carbonyl (C=O) groups is 1. The number of fused-ring (bicyclic) bond motifs is 2. The van der Waals surface area contributed by atoms with Gasteiger partial charge in [0, 0.05) is 23.0 Å². The van der Waals surface area contributed by atoms with Gasteiger partial charge in [-0.2, -0.15) is 0 Å². The van der Waals surface area contributed by atoms with Crippen molar-refractivity contribution >= 4 is 33.0 Å². The molecule has 0 radical (unpaired) electrons. The van der Waals surface area contributed by atoms with E-state index < -0.39 is 15.3 Å². The number of rotatable bonds is 5. The van der Waals surface area contributed by atoms with E-state index in [1.165, 1.54) is 6.26 Å². The molecule has 2 aliphatic heterocycles. The first-order valence-electron chi connectivity index (χ1n) is 9.97. The van der Waals surface area contributed by atoms with Crippen LogP contribution >= 0.6 is 11.6 Å². The summed E-state index contributed by atoms with van der Waals surface area (Å²) in [4.78, 5) is 15.4. The van der Waals surface area contributed by atoms with Crippen molar-refractivity contribution in [1.29, 1.82) is 0 Å². The van der Waals surface area contributed by atoms with Gasteiger partial charge in [-0.1, -0.05) is 11.6 Å². The van der Waals surface area contributed by atoms with Crippen LogP contribution in [0.25, 0.3) is 0 Å². The number of hydrogen-bond donors (Lipinski definition) is 1. The average Bonchev–Trinajstić information content (AvgIpc) is 2.97. The van der Waals surface area contributed by atoms with Gasteiger partial charge in [0.1, 0.15) is 12.4 Å². The van der Waals surface area contributed by atoms with Gasteiger partial charge in [0.25, 0.3) is 0 Å². The average molecular weight is 449 g/mol. The molecule has 0 aromatic heterocycles. The van der Waals surface area contributed by atoms with Crippen molar-refractivity contribution in [3.63, 3.8) is 0 Å². The Morgan fingerprint density at radius 1 is 1.17 bits per heavy atom. The Bertz CT molecular complexity index is 1060. The van der Waals surface area contributed by atoms with E-state index in [0.29, 0.717) is 17.4 Å². The summed E-state index contributed by atoms with van der Waals surface area (Å²) in [6.45, 7) is 4.16. The molecule has 1 saturated heterocycles. The Balaban J connectivity index is 1.37. The quantitative estimate of drug-likeness (QED) is 0.757. The van der Waals surface area contributed by atoms with Gasteiger partial charge in [-0.05, 0) is 80.9 Å². The lowest BCUT2D eigenvalue weighted by Crippen LogP contribution is -2.50. The maximum Gasteiger partial charge on any atom is 0.235 e. The molecule has 8 heteroatoms. The lowest BCUT2D eigenvalue weighted by molar-refractivity contribution is -0.122. The maximum absolute atomic E-state index is 12.8. The van der Waals surface area contributed by atoms with E-state index in [0.717, 1.165) is 37.2 Å². The van der Waals surface area contributed by atoms with Gasteiger partial charge in [0.05, 0.1) is 10.3 Å². The zero-order valence-electron chi connectivity index (χ0n) is 17.0. The molecule has 2 heterocycles. The number of anilines is 1. The zero-order chi connectivity index (χ0) is 21.5. The second-order valence-electron chi connectivity index (χ2n) is 8.17. The Morgan fingerprint density at radius 2 is 1.83 bits per heavy atom. The van der Waals surface area contributed by atoms with Crippen LogP contribution in [0.15, 0.2) is 47.4 Å². The topological polar surface area (TPSA) is 75.7 Å². The van der Waals surface area contributed by atoms with Crippen LogP contribution in [-0.2, 0) is 20.0 Å². The van der Waals surface area contributed by atoms with E-state index in [-0.39, 0.29) is 16.8 Å². The summed E-state index contributed by atoms with van der Waals surface area (Å²) in [6.07, 6.45) is 2.66. The number of carbonyl (C=O) groups excluding carboxylic acids is 1. The van der Waals surface area contributed by atoms with Gasteiger partial charge in [-0.25, -0.2) is 8.42 Å². The van der Waals surface area contributed by atoms with Gasteiger partial charge in [0.15, 0.2) is 9.84 Å². The van der Waals surface area contributed by atoms with Crippen molar-refractivity contribution in [1.82, 2.24) is 4.90 Å². The summed E-state index contributed by atoms with van der Waals surface area (Å²) in [6, 6.07) is 12.2. The first kappa shape index (κ1) is 21.2. The summed E-state index contributed by atoms with van der Waals surface area (Å²) in [7, 11) is -3.21. The molecule has 2 aliphatic rings. The molecule has 0 unspecified atom stereocenters. The second-order valence-corrected chi connectivity index (χ2v) is 10.6. The molecule has 6 nitrogen and oxygen atoms in total. The number of hydrogen-bond acceptors (Lipinski definition) is 5. The van der Waals surface area contributed by atoms with Crippen LogP contribution in [0.2, 0.25) is 5.02 Å². The summed E-state index contributed by atoms with van der Waals surface area (Å²) in [5.74, 6) is 0.704. The van der Waals surface area contributed by atoms with Crippen molar-refractivity contribution in [2.45, 2.75) is 36.1 Å². The molecule has 0 aliphatic carbocycles. The molecule has 1 spiro atoms. The Hall–Kier alpha value is -2.09. The van der Waals surface area contributed by atoms with Crippen molar-refractivity contribution in [2.75, 3.05) is 31.3 Å². The van der Waals surface area contributed by atoms with E-state index in [1.807, 2.05) is 12.1 Å². The molecule has 160 valence electrons. The number of likely N-dealkylation sites (tertiary alicyclic amines) is 1. The summed E-state index contributed by atoms with van der Waals surface area (Å²) in [5, 5.41) is 3.66. The van der Waals surface area contributed by atoms with Crippen molar-refractivity contribution in [3.8, 4) is 5.75 Å². The second kappa shape index (κ2) is 7.87. The fourth-order valence-electron chi connectivity index (χ4n) is 4.33. The molecule has 1 N–H and O–H groups in total. The SMILES string of the molecule is C[C@@H](COc1ccc(S(C)(=O)=O)cc1)N1CCC2(CC1)C(=O)Nc1ccc(Cl)cc12. The monoisotopic (exact) mass is 448 g/mol. The van der Waals surface area contributed by atoms with E-state index in [2.05, 4.69) is 17.1 Å². The Morgan fingerprint density at radius 3 is 2.47 bits per heavy atom. The van der Waals surface area contributed by atoms with E-state index in [4.69, 9.17) is 16.3 Å². The minimum absolute atomic E-state index is 0.0642. The molecule has 1 amide bonds. The third kappa shape index (κ3) is 3.94. The molecule has 1 atom stereocenters. The van der Waals surface area contributed by atoms with Gasteiger partial charge in [-0.3, -0.25) is 9.69 Å². The Labute approximate surface area is 182 Å². The van der Waals surface area contributed by atoms with Crippen LogP contribution in [-0.4, -0.2) is 51.2 Å². The van der Waals surface area contributed by atoms with Crippen molar-refractivity contribution < 1.29 is 17.9 Å². The summed E-state index contributed by atoms with van der Waals surface area (Å²) in [5.41, 5.74) is 1.37. The number of halogens is 1. The molecule has 2 aromatic carbocycles. The van der Waals surface area contributed by atoms with E-state index >= 15 is 0 Å². The van der Waals surface area contributed by atoms with Gasteiger partial charge >= 0.3 is 0 Å². The van der Waals surface area contributed by atoms with Crippen LogP contribution in [0.4, 0.5) is 5.69 Å². The molecule has 0 bridgehead atoms. The fourth-order valence-corrected chi connectivity index (χ4v) is 5.14. The molecular weight excluding hydrogens is 424 g/mol. The number of nitrogens with zero attached hydrogens (tertiary/aromatic N) is 1. The molecule has 1 fully saturated rings. The highest BCUT2D eigenvalue weighted by atomic mass is 35.5. The number of nitrogens with one attached hydrogen (secondary N) is 1. The fraction of sp³-hybridized carbons (Fsp3) is 0.409. The number of piperidine rings is 1. The van der Waals surface area contributed by atoms with Crippen LogP contribution in [0.5, 0.6) is 5.75 Å². The first-order chi connectivity index (χ1) is 14.2. The minimum Gasteiger partial charge on any atom is -0.492 e. The van der Waals surface area contributed by atoms with Crippen LogP contribution in [0.3, 0.4) is 0 Å². The third-order valence-electron chi connectivity index (χ3n) is 6.20. The zero-order valence-corrected chi connectivity index (χ0v) is 18.6. The molecule has 4 rings (SSSR count). The predicted molar refractivity (Wildman–Crippen MR) is 117 cm³/mol. The molecule has 2 aromatic rings. The number of amides is 1. The van der Waals surface area contributed by atoms with Gasteiger partial charge < -0.3 is 10.1 Å². The Kier molecular flexibility index (Phi) is 5.55. The van der Waals surface area contributed by atoms with Crippen molar-refractivity contribution in [2.24, 2.45) is 0 Å². The minimum atomic E-state index is -3.21.